The monoisotopic (exact) mass is 571 g/mol. The Labute approximate surface area is 261 Å². The van der Waals surface area contributed by atoms with Crippen molar-refractivity contribution < 1.29 is 0 Å². The molecule has 1 heterocycles. The molecule has 4 aromatic rings. The molecule has 1 saturated carbocycles. The van der Waals surface area contributed by atoms with Crippen LogP contribution in [0.25, 0.3) is 16.8 Å². The normalized spacial score (nSPS) is 11.2. The van der Waals surface area contributed by atoms with Crippen LogP contribution < -0.4 is 11.1 Å². The number of fused-ring (bicyclic) bond motifs is 1. The number of pyridine rings is 1. The standard InChI is InChI=1S/C14H15N.C11H12.C10H11N.C3H5N.C2H6/c1-15-14(8-9-14)13-7-6-11-4-2-3-5-12(11)10-13;1-3-7-11-9-6-5-8-10(11)4-2;1-3-4-7-10-8-5-6-9(2)11-10;1-2-3-4;1-2/h2-7,10,15H,8-9H2,1H3;5-9H,1,4H2,2H3;5-6,8H,3H2,1-2H3;3H,1,4H2;1-2H3. The van der Waals surface area contributed by atoms with E-state index in [1.165, 1.54) is 46.5 Å². The first-order valence-corrected chi connectivity index (χ1v) is 15.1. The summed E-state index contributed by atoms with van der Waals surface area (Å²) in [5.41, 5.74) is 16.0. The summed E-state index contributed by atoms with van der Waals surface area (Å²) in [4.78, 5) is 4.24. The van der Waals surface area contributed by atoms with Gasteiger partial charge < -0.3 is 11.1 Å². The molecule has 0 aliphatic heterocycles. The Morgan fingerprint density at radius 3 is 2.09 bits per heavy atom. The largest absolute Gasteiger partial charge is 0.398 e. The summed E-state index contributed by atoms with van der Waals surface area (Å²) in [6, 6.07) is 29.5. The summed E-state index contributed by atoms with van der Waals surface area (Å²) in [6.45, 7) is 16.9. The molecule has 224 valence electrons. The van der Waals surface area contributed by atoms with Gasteiger partial charge in [-0.1, -0.05) is 114 Å². The molecule has 43 heavy (non-hydrogen) atoms. The summed E-state index contributed by atoms with van der Waals surface area (Å²) in [5.74, 6) is 5.95. The summed E-state index contributed by atoms with van der Waals surface area (Å²) in [6.07, 6.45) is 7.66. The minimum atomic E-state index is 0.282. The molecule has 3 heteroatoms. The fraction of sp³-hybridized carbons (Fsp3) is 0.275. The van der Waals surface area contributed by atoms with Crippen LogP contribution >= 0.6 is 0 Å². The smallest absolute Gasteiger partial charge is 0.113 e. The third kappa shape index (κ3) is 12.9. The van der Waals surface area contributed by atoms with Crippen molar-refractivity contribution in [3.05, 3.63) is 144 Å². The van der Waals surface area contributed by atoms with E-state index >= 15 is 0 Å². The van der Waals surface area contributed by atoms with Gasteiger partial charge in [-0.05, 0) is 90.9 Å². The number of aryl methyl sites for hydroxylation is 2. The molecule has 3 aromatic carbocycles. The SMILES string of the molecule is C=C=CN.C=C=Cc1ccccc1CC.CC.CCC#Cc1cccc(C)n1.CNC1(c2ccc3ccccc3c2)CC1. The Morgan fingerprint density at radius 2 is 1.53 bits per heavy atom. The molecule has 5 rings (SSSR count). The van der Waals surface area contributed by atoms with E-state index in [0.717, 1.165) is 24.2 Å². The van der Waals surface area contributed by atoms with Crippen molar-refractivity contribution in [1.29, 1.82) is 0 Å². The van der Waals surface area contributed by atoms with Crippen LogP contribution in [-0.2, 0) is 12.0 Å². The highest BCUT2D eigenvalue weighted by molar-refractivity contribution is 5.83. The van der Waals surface area contributed by atoms with E-state index in [9.17, 15) is 0 Å². The Bertz CT molecular complexity index is 1540. The van der Waals surface area contributed by atoms with Crippen molar-refractivity contribution in [2.75, 3.05) is 7.05 Å². The van der Waals surface area contributed by atoms with E-state index in [1.807, 2.05) is 58.0 Å². The first-order chi connectivity index (χ1) is 21.0. The van der Waals surface area contributed by atoms with E-state index in [1.54, 1.807) is 0 Å². The lowest BCUT2D eigenvalue weighted by atomic mass is 10.0. The van der Waals surface area contributed by atoms with Crippen molar-refractivity contribution in [3.63, 3.8) is 0 Å². The molecule has 3 N–H and O–H groups in total. The third-order valence-electron chi connectivity index (χ3n) is 6.62. The van der Waals surface area contributed by atoms with E-state index in [4.69, 9.17) is 5.73 Å². The molecule has 0 bridgehead atoms. The van der Waals surface area contributed by atoms with Crippen LogP contribution in [0.1, 0.15) is 75.0 Å². The van der Waals surface area contributed by atoms with Crippen LogP contribution in [0.5, 0.6) is 0 Å². The molecule has 0 unspecified atom stereocenters. The summed E-state index contributed by atoms with van der Waals surface area (Å²) >= 11 is 0. The summed E-state index contributed by atoms with van der Waals surface area (Å²) < 4.78 is 0. The van der Waals surface area contributed by atoms with Gasteiger partial charge in [-0.25, -0.2) is 4.98 Å². The van der Waals surface area contributed by atoms with Crippen LogP contribution in [-0.4, -0.2) is 12.0 Å². The lowest BCUT2D eigenvalue weighted by molar-refractivity contribution is 0.586. The second kappa shape index (κ2) is 21.2. The van der Waals surface area contributed by atoms with Crippen LogP contribution in [0, 0.1) is 18.8 Å². The molecule has 0 radical (unpaired) electrons. The molecule has 1 fully saturated rings. The number of hydrogen-bond donors (Lipinski definition) is 2. The van der Waals surface area contributed by atoms with E-state index in [-0.39, 0.29) is 5.54 Å². The van der Waals surface area contributed by atoms with Gasteiger partial charge in [-0.15, -0.1) is 11.5 Å². The number of rotatable bonds is 4. The minimum Gasteiger partial charge on any atom is -0.398 e. The van der Waals surface area contributed by atoms with Crippen molar-refractivity contribution >= 4 is 16.8 Å². The second-order valence-corrected chi connectivity index (χ2v) is 9.49. The number of nitrogens with one attached hydrogen (secondary N) is 1. The van der Waals surface area contributed by atoms with Gasteiger partial charge in [0.25, 0.3) is 0 Å². The first kappa shape index (κ1) is 36.5. The van der Waals surface area contributed by atoms with Crippen LogP contribution in [0.3, 0.4) is 0 Å². The molecule has 1 aromatic heterocycles. The minimum absolute atomic E-state index is 0.282. The van der Waals surface area contributed by atoms with Gasteiger partial charge in [0.2, 0.25) is 0 Å². The lowest BCUT2D eigenvalue weighted by Crippen LogP contribution is -2.24. The maximum atomic E-state index is 4.73. The summed E-state index contributed by atoms with van der Waals surface area (Å²) in [7, 11) is 2.06. The zero-order valence-electron chi connectivity index (χ0n) is 27.0. The van der Waals surface area contributed by atoms with E-state index < -0.39 is 0 Å². The second-order valence-electron chi connectivity index (χ2n) is 9.49. The van der Waals surface area contributed by atoms with Gasteiger partial charge in [0.15, 0.2) is 0 Å². The van der Waals surface area contributed by atoms with Crippen molar-refractivity contribution in [2.45, 2.75) is 65.8 Å². The van der Waals surface area contributed by atoms with Crippen molar-refractivity contribution in [1.82, 2.24) is 10.3 Å². The Hall–Kier alpha value is -4.57. The van der Waals surface area contributed by atoms with E-state index in [2.05, 4.69) is 121 Å². The van der Waals surface area contributed by atoms with Crippen LogP contribution in [0.2, 0.25) is 0 Å². The predicted octanol–water partition coefficient (Wildman–Crippen LogP) is 9.52. The van der Waals surface area contributed by atoms with Crippen molar-refractivity contribution in [3.8, 4) is 11.8 Å². The number of nitrogens with zero attached hydrogens (tertiary/aromatic N) is 1. The highest BCUT2D eigenvalue weighted by Crippen LogP contribution is 2.45. The Balaban J connectivity index is 0.000000300. The quantitative estimate of drug-likeness (QED) is 0.189. The molecule has 0 saturated heterocycles. The van der Waals surface area contributed by atoms with Crippen LogP contribution in [0.4, 0.5) is 0 Å². The number of aromatic nitrogens is 1. The molecular weight excluding hydrogens is 522 g/mol. The lowest BCUT2D eigenvalue weighted by Gasteiger charge is -2.15. The molecular formula is C40H49N3. The van der Waals surface area contributed by atoms with Gasteiger partial charge in [0, 0.05) is 23.9 Å². The molecule has 1 aliphatic carbocycles. The van der Waals surface area contributed by atoms with Crippen LogP contribution in [0.15, 0.2) is 116 Å². The van der Waals surface area contributed by atoms with Gasteiger partial charge >= 0.3 is 0 Å². The molecule has 0 spiro atoms. The maximum Gasteiger partial charge on any atom is 0.113 e. The van der Waals surface area contributed by atoms with Gasteiger partial charge in [-0.2, -0.15) is 0 Å². The fourth-order valence-corrected chi connectivity index (χ4v) is 4.19. The highest BCUT2D eigenvalue weighted by Gasteiger charge is 2.42. The average Bonchev–Trinajstić information content (AvgIpc) is 3.87. The van der Waals surface area contributed by atoms with Crippen molar-refractivity contribution in [2.24, 2.45) is 5.73 Å². The first-order valence-electron chi connectivity index (χ1n) is 15.1. The Kier molecular flexibility index (Phi) is 18.0. The van der Waals surface area contributed by atoms with Gasteiger partial charge in [0.1, 0.15) is 5.69 Å². The zero-order chi connectivity index (χ0) is 31.9. The predicted molar refractivity (Wildman–Crippen MR) is 189 cm³/mol. The number of nitrogens with two attached hydrogens (primary N) is 1. The van der Waals surface area contributed by atoms with Gasteiger partial charge in [0.05, 0.1) is 0 Å². The summed E-state index contributed by atoms with van der Waals surface area (Å²) in [5, 5.41) is 6.10. The fourth-order valence-electron chi connectivity index (χ4n) is 4.19. The third-order valence-corrected chi connectivity index (χ3v) is 6.62. The number of hydrogen-bond acceptors (Lipinski definition) is 3. The maximum absolute atomic E-state index is 4.73. The van der Waals surface area contributed by atoms with Gasteiger partial charge in [-0.3, -0.25) is 0 Å². The molecule has 0 atom stereocenters. The number of benzene rings is 3. The zero-order valence-corrected chi connectivity index (χ0v) is 27.0. The average molecular weight is 572 g/mol. The van der Waals surface area contributed by atoms with E-state index in [0.29, 0.717) is 0 Å². The Morgan fingerprint density at radius 1 is 0.884 bits per heavy atom. The topological polar surface area (TPSA) is 50.9 Å². The highest BCUT2D eigenvalue weighted by atomic mass is 15.0. The molecule has 3 nitrogen and oxygen atoms in total. The molecule has 0 amide bonds. The molecule has 1 aliphatic rings.